The Bertz CT molecular complexity index is 2290. The summed E-state index contributed by atoms with van der Waals surface area (Å²) in [6, 6.07) is 6.37. The van der Waals surface area contributed by atoms with E-state index in [1.54, 1.807) is 45.9 Å². The van der Waals surface area contributed by atoms with Gasteiger partial charge in [0, 0.05) is 23.2 Å². The van der Waals surface area contributed by atoms with E-state index >= 15 is 0 Å². The Hall–Kier alpha value is -4.45. The number of H-pyrrole nitrogens is 2. The molecule has 2 aromatic carbocycles. The van der Waals surface area contributed by atoms with Gasteiger partial charge in [0.2, 0.25) is 20.0 Å². The van der Waals surface area contributed by atoms with Gasteiger partial charge in [-0.1, -0.05) is 43.4 Å². The molecule has 5 aromatic rings. The topological polar surface area (TPSA) is 245 Å². The number of hydrogen-bond acceptors (Lipinski definition) is 11. The molecule has 15 nitrogen and oxygen atoms in total. The second-order valence-electron chi connectivity index (χ2n) is 13.1. The van der Waals surface area contributed by atoms with Gasteiger partial charge in [-0.15, -0.1) is 0 Å². The maximum atomic E-state index is 13.0. The molecule has 2 saturated carbocycles. The molecule has 3 aromatic heterocycles. The van der Waals surface area contributed by atoms with Crippen molar-refractivity contribution < 1.29 is 25.9 Å². The van der Waals surface area contributed by atoms with Gasteiger partial charge in [0.05, 0.1) is 33.8 Å². The molecule has 0 bridgehead atoms. The zero-order valence-corrected chi connectivity index (χ0v) is 30.0. The predicted molar refractivity (Wildman–Crippen MR) is 196 cm³/mol. The molecule has 51 heavy (non-hydrogen) atoms. The number of nitrogen functional groups attached to an aromatic ring is 2. The van der Waals surface area contributed by atoms with E-state index in [0.717, 1.165) is 62.5 Å². The van der Waals surface area contributed by atoms with Gasteiger partial charge < -0.3 is 30.5 Å². The first-order valence-electron chi connectivity index (χ1n) is 16.5. The smallest absolute Gasteiger partial charge is 0.323 e. The fourth-order valence-corrected chi connectivity index (χ4v) is 9.93. The van der Waals surface area contributed by atoms with Crippen molar-refractivity contribution in [2.45, 2.75) is 108 Å². The van der Waals surface area contributed by atoms with Crippen LogP contribution in [0.4, 0.5) is 11.4 Å². The minimum atomic E-state index is -3.79. The summed E-state index contributed by atoms with van der Waals surface area (Å²) in [5, 5.41) is 7.84. The molecule has 2 aliphatic carbocycles. The van der Waals surface area contributed by atoms with Crippen molar-refractivity contribution in [2.24, 2.45) is 0 Å². The maximum absolute atomic E-state index is 13.0. The minimum Gasteiger partial charge on any atom is -0.397 e. The summed E-state index contributed by atoms with van der Waals surface area (Å²) >= 11 is 0. The van der Waals surface area contributed by atoms with Gasteiger partial charge in [0.1, 0.15) is 21.3 Å². The highest BCUT2D eigenvalue weighted by atomic mass is 32.2. The molecule has 8 N–H and O–H groups in total. The average molecular weight is 743 g/mol. The number of aromatic amines is 2. The second-order valence-corrected chi connectivity index (χ2v) is 16.4. The Morgan fingerprint density at radius 1 is 0.706 bits per heavy atom. The monoisotopic (exact) mass is 742 g/mol. The number of nitrogens with zero attached hydrogens (tertiary/aromatic N) is 2. The highest BCUT2D eigenvalue weighted by Gasteiger charge is 2.28. The third-order valence-corrected chi connectivity index (χ3v) is 12.4. The molecule has 276 valence electrons. The number of nitrogens with two attached hydrogens (primary N) is 2. The summed E-state index contributed by atoms with van der Waals surface area (Å²) in [7, 11) is -7.53. The van der Waals surface area contributed by atoms with Crippen molar-refractivity contribution in [3.8, 4) is 22.3 Å². The van der Waals surface area contributed by atoms with Crippen molar-refractivity contribution in [3.05, 3.63) is 57.7 Å². The number of aromatic nitrogens is 4. The summed E-state index contributed by atoms with van der Waals surface area (Å²) in [6.07, 6.45) is 7.45. The molecule has 0 atom stereocenters. The summed E-state index contributed by atoms with van der Waals surface area (Å²) in [4.78, 5) is 17.1. The first-order valence-corrected chi connectivity index (χ1v) is 19.5. The van der Waals surface area contributed by atoms with Crippen LogP contribution in [0.1, 0.15) is 81.7 Å². The average Bonchev–Trinajstić information content (AvgIpc) is 3.89. The van der Waals surface area contributed by atoms with Crippen LogP contribution in [-0.4, -0.2) is 49.2 Å². The quantitative estimate of drug-likeness (QED) is 0.111. The number of aryl methyl sites for hydroxylation is 4. The number of benzene rings is 2. The SMILES string of the molecule is C.Cc1noc(C)c1-c1cc(N)c(N)c(S(=O)(=O)NC2CCCC2)c1.Cc1noc(C)c1-c1cc(S(=O)(=O)NC2CCCC2)c2[nH]c(=O)[nH]c2c1. The molecule has 3 heterocycles. The summed E-state index contributed by atoms with van der Waals surface area (Å²) in [6.45, 7) is 7.13. The molecular weight excluding hydrogens is 697 g/mol. The first-order chi connectivity index (χ1) is 23.6. The number of imidazole rings is 1. The van der Waals surface area contributed by atoms with E-state index in [1.807, 2.05) is 0 Å². The van der Waals surface area contributed by atoms with Crippen LogP contribution in [-0.2, 0) is 20.0 Å². The van der Waals surface area contributed by atoms with Crippen molar-refractivity contribution in [1.82, 2.24) is 29.7 Å². The predicted octanol–water partition coefficient (Wildman–Crippen LogP) is 5.33. The lowest BCUT2D eigenvalue weighted by Crippen LogP contribution is -2.33. The Kier molecular flexibility index (Phi) is 10.9. The van der Waals surface area contributed by atoms with E-state index in [0.29, 0.717) is 39.6 Å². The van der Waals surface area contributed by atoms with Crippen LogP contribution in [0.25, 0.3) is 33.3 Å². The van der Waals surface area contributed by atoms with Gasteiger partial charge in [-0.05, 0) is 88.8 Å². The molecule has 2 aliphatic rings. The van der Waals surface area contributed by atoms with Crippen LogP contribution in [0, 0.1) is 27.7 Å². The van der Waals surface area contributed by atoms with E-state index in [2.05, 4.69) is 29.7 Å². The van der Waals surface area contributed by atoms with Gasteiger partial charge in [-0.3, -0.25) is 0 Å². The largest absolute Gasteiger partial charge is 0.397 e. The molecule has 0 spiro atoms. The summed E-state index contributed by atoms with van der Waals surface area (Å²) < 4.78 is 67.4. The zero-order valence-electron chi connectivity index (χ0n) is 28.3. The molecule has 0 aliphatic heterocycles. The highest BCUT2D eigenvalue weighted by molar-refractivity contribution is 7.90. The van der Waals surface area contributed by atoms with Crippen LogP contribution in [0.2, 0.25) is 0 Å². The number of sulfonamides is 2. The van der Waals surface area contributed by atoms with Gasteiger partial charge in [-0.25, -0.2) is 31.1 Å². The summed E-state index contributed by atoms with van der Waals surface area (Å²) in [5.41, 5.74) is 16.5. The van der Waals surface area contributed by atoms with Crippen molar-refractivity contribution in [1.29, 1.82) is 0 Å². The standard InChI is InChI=1S/C17H20N4O4S.C16H22N4O3S.CH4/c1-9-15(10(2)25-20-9)11-7-13-16(19-17(22)18-13)14(8-11)26(23,24)21-12-5-3-4-6-12;1-9-15(10(2)23-19-9)11-7-13(17)16(18)14(8-11)24(21,22)20-12-5-3-4-6-12;/h7-8,12,21H,3-6H2,1-2H3,(H2,18,19,22);7-8,12,20H,3-6,17-18H2,1-2H3;1H4. The number of nitrogens with one attached hydrogen (secondary N) is 4. The molecular formula is C34H46N8O7S2. The highest BCUT2D eigenvalue weighted by Crippen LogP contribution is 2.36. The normalized spacial score (nSPS) is 15.6. The van der Waals surface area contributed by atoms with Crippen LogP contribution >= 0.6 is 0 Å². The molecule has 2 fully saturated rings. The first kappa shape index (κ1) is 37.8. The molecule has 0 unspecified atom stereocenters. The van der Waals surface area contributed by atoms with E-state index in [1.165, 1.54) is 6.07 Å². The second kappa shape index (κ2) is 14.7. The number of hydrogen-bond donors (Lipinski definition) is 6. The third kappa shape index (κ3) is 7.75. The Morgan fingerprint density at radius 3 is 1.63 bits per heavy atom. The maximum Gasteiger partial charge on any atom is 0.323 e. The fraction of sp³-hybridized carbons (Fsp3) is 0.441. The lowest BCUT2D eigenvalue weighted by atomic mass is 10.0. The molecule has 0 saturated heterocycles. The number of rotatable bonds is 8. The molecule has 7 rings (SSSR count). The Balaban J connectivity index is 0.000000195. The fourth-order valence-electron chi connectivity index (χ4n) is 6.92. The van der Waals surface area contributed by atoms with E-state index in [-0.39, 0.29) is 46.2 Å². The van der Waals surface area contributed by atoms with Crippen molar-refractivity contribution in [2.75, 3.05) is 11.5 Å². The molecule has 17 heteroatoms. The molecule has 0 radical (unpaired) electrons. The Morgan fingerprint density at radius 2 is 1.16 bits per heavy atom. The third-order valence-electron chi connectivity index (χ3n) is 9.34. The van der Waals surface area contributed by atoms with Crippen LogP contribution in [0.15, 0.2) is 47.9 Å². The van der Waals surface area contributed by atoms with Crippen LogP contribution < -0.4 is 26.6 Å². The Labute approximate surface area is 297 Å². The lowest BCUT2D eigenvalue weighted by Gasteiger charge is -2.16. The number of fused-ring (bicyclic) bond motifs is 1. The van der Waals surface area contributed by atoms with Crippen molar-refractivity contribution in [3.63, 3.8) is 0 Å². The van der Waals surface area contributed by atoms with Crippen LogP contribution in [0.5, 0.6) is 0 Å². The van der Waals surface area contributed by atoms with Gasteiger partial charge in [-0.2, -0.15) is 0 Å². The van der Waals surface area contributed by atoms with Gasteiger partial charge in [0.15, 0.2) is 0 Å². The van der Waals surface area contributed by atoms with E-state index in [4.69, 9.17) is 20.5 Å². The van der Waals surface area contributed by atoms with Crippen molar-refractivity contribution >= 4 is 42.5 Å². The lowest BCUT2D eigenvalue weighted by molar-refractivity contribution is 0.393. The van der Waals surface area contributed by atoms with E-state index < -0.39 is 25.7 Å². The number of anilines is 2. The van der Waals surface area contributed by atoms with Gasteiger partial charge >= 0.3 is 5.69 Å². The molecule has 0 amide bonds. The summed E-state index contributed by atoms with van der Waals surface area (Å²) in [5.74, 6) is 1.19. The van der Waals surface area contributed by atoms with Crippen LogP contribution in [0.3, 0.4) is 0 Å². The van der Waals surface area contributed by atoms with E-state index in [9.17, 15) is 21.6 Å². The zero-order chi connectivity index (χ0) is 36.0. The van der Waals surface area contributed by atoms with Gasteiger partial charge in [0.25, 0.3) is 0 Å². The minimum absolute atomic E-state index is 0.